The molecule has 1 aliphatic heterocycles. The maximum atomic E-state index is 13.2. The molecule has 0 saturated carbocycles. The van der Waals surface area contributed by atoms with E-state index in [4.69, 9.17) is 0 Å². The van der Waals surface area contributed by atoms with Crippen molar-refractivity contribution in [1.82, 2.24) is 20.2 Å². The lowest BCUT2D eigenvalue weighted by molar-refractivity contribution is -0.131. The van der Waals surface area contributed by atoms with Crippen molar-refractivity contribution >= 4 is 29.2 Å². The molecule has 0 aliphatic carbocycles. The largest absolute Gasteiger partial charge is 0.373 e. The summed E-state index contributed by atoms with van der Waals surface area (Å²) in [7, 11) is 3.33. The highest BCUT2D eigenvalue weighted by Crippen LogP contribution is 2.31. The summed E-state index contributed by atoms with van der Waals surface area (Å²) >= 11 is 0. The molecule has 0 radical (unpaired) electrons. The summed E-state index contributed by atoms with van der Waals surface area (Å²) < 4.78 is 13.2. The second kappa shape index (κ2) is 9.50. The van der Waals surface area contributed by atoms with Crippen LogP contribution in [0.1, 0.15) is 30.8 Å². The maximum absolute atomic E-state index is 13.2. The summed E-state index contributed by atoms with van der Waals surface area (Å²) in [5, 5.41) is 5.45. The Bertz CT molecular complexity index is 982. The lowest BCUT2D eigenvalue weighted by Crippen LogP contribution is -2.37. The average molecular weight is 428 g/mol. The third-order valence-electron chi connectivity index (χ3n) is 5.02. The Hall–Kier alpha value is -3.56. The lowest BCUT2D eigenvalue weighted by atomic mass is 10.0. The van der Waals surface area contributed by atoms with Gasteiger partial charge >= 0.3 is 0 Å². The van der Waals surface area contributed by atoms with Gasteiger partial charge in [-0.3, -0.25) is 14.4 Å². The normalized spacial score (nSPS) is 15.7. The first-order valence-corrected chi connectivity index (χ1v) is 9.86. The van der Waals surface area contributed by atoms with Gasteiger partial charge in [0, 0.05) is 51.7 Å². The molecule has 31 heavy (non-hydrogen) atoms. The van der Waals surface area contributed by atoms with Crippen molar-refractivity contribution in [2.75, 3.05) is 37.4 Å². The number of aromatic nitrogens is 2. The van der Waals surface area contributed by atoms with E-state index in [-0.39, 0.29) is 49.0 Å². The highest BCUT2D eigenvalue weighted by molar-refractivity contribution is 5.96. The van der Waals surface area contributed by atoms with Crippen LogP contribution in [0.4, 0.5) is 15.9 Å². The summed E-state index contributed by atoms with van der Waals surface area (Å²) in [5.41, 5.74) is 1.33. The molecule has 164 valence electrons. The van der Waals surface area contributed by atoms with E-state index in [1.165, 1.54) is 24.0 Å². The molecule has 1 fully saturated rings. The monoisotopic (exact) mass is 428 g/mol. The van der Waals surface area contributed by atoms with Gasteiger partial charge in [0.25, 0.3) is 0 Å². The lowest BCUT2D eigenvalue weighted by Gasteiger charge is -2.19. The second-order valence-electron chi connectivity index (χ2n) is 7.39. The van der Waals surface area contributed by atoms with Crippen molar-refractivity contribution in [3.8, 4) is 0 Å². The molecule has 1 saturated heterocycles. The number of nitrogens with zero attached hydrogens (tertiary/aromatic N) is 4. The predicted octanol–water partition coefficient (Wildman–Crippen LogP) is 1.27. The Balaban J connectivity index is 1.76. The molecule has 3 amide bonds. The zero-order valence-electron chi connectivity index (χ0n) is 17.7. The fraction of sp³-hybridized carbons (Fsp3) is 0.381. The van der Waals surface area contributed by atoms with Crippen LogP contribution in [0, 0.1) is 5.82 Å². The molecule has 0 spiro atoms. The van der Waals surface area contributed by atoms with Crippen molar-refractivity contribution in [2.45, 2.75) is 25.8 Å². The molecule has 2 aromatic rings. The number of halogens is 1. The van der Waals surface area contributed by atoms with Gasteiger partial charge in [-0.05, 0) is 24.3 Å². The molecule has 10 heteroatoms. The zero-order valence-corrected chi connectivity index (χ0v) is 17.7. The molecular weight excluding hydrogens is 403 g/mol. The first-order valence-electron chi connectivity index (χ1n) is 9.86. The van der Waals surface area contributed by atoms with Crippen molar-refractivity contribution < 1.29 is 18.8 Å². The number of likely N-dealkylation sites (N-methyl/N-ethyl adjacent to an activating group) is 1. The van der Waals surface area contributed by atoms with E-state index in [2.05, 4.69) is 20.6 Å². The molecule has 2 heterocycles. The van der Waals surface area contributed by atoms with Crippen LogP contribution in [0.25, 0.3) is 0 Å². The Morgan fingerprint density at radius 3 is 2.61 bits per heavy atom. The highest BCUT2D eigenvalue weighted by atomic mass is 19.1. The van der Waals surface area contributed by atoms with Gasteiger partial charge in [0.05, 0.1) is 18.8 Å². The third-order valence-corrected chi connectivity index (χ3v) is 5.02. The third kappa shape index (κ3) is 5.53. The molecule has 9 nitrogen and oxygen atoms in total. The van der Waals surface area contributed by atoms with Gasteiger partial charge in [-0.1, -0.05) is 0 Å². The molecular formula is C21H25FN6O3. The van der Waals surface area contributed by atoms with Gasteiger partial charge in [-0.25, -0.2) is 14.4 Å². The maximum Gasteiger partial charge on any atom is 0.242 e. The van der Waals surface area contributed by atoms with E-state index >= 15 is 0 Å². The summed E-state index contributed by atoms with van der Waals surface area (Å²) in [6.45, 7) is 1.82. The van der Waals surface area contributed by atoms with Crippen molar-refractivity contribution in [3.05, 3.63) is 47.7 Å². The van der Waals surface area contributed by atoms with E-state index in [1.54, 1.807) is 37.2 Å². The van der Waals surface area contributed by atoms with Gasteiger partial charge < -0.3 is 20.4 Å². The van der Waals surface area contributed by atoms with Crippen LogP contribution in [0.15, 0.2) is 30.3 Å². The molecule has 0 bridgehead atoms. The van der Waals surface area contributed by atoms with E-state index in [0.717, 1.165) is 0 Å². The van der Waals surface area contributed by atoms with Gasteiger partial charge in [0.2, 0.25) is 17.7 Å². The molecule has 1 aromatic heterocycles. The van der Waals surface area contributed by atoms with Crippen molar-refractivity contribution in [2.24, 2.45) is 0 Å². The standard InChI is InChI=1S/C21H25FN6O3/c1-13(29)24-10-21(31)27(3)12-19-25-17(9-18(23-2)26-19)14-8-20(30)28(11-14)16-6-4-15(22)5-7-16/h4-7,9,14H,8,10-12H2,1-3H3,(H,24,29)(H,23,25,26)/t14-/m0/s1. The number of hydrogen-bond donors (Lipinski definition) is 2. The Morgan fingerprint density at radius 1 is 1.26 bits per heavy atom. The number of carbonyl (C=O) groups is 3. The van der Waals surface area contributed by atoms with Crippen LogP contribution in [-0.2, 0) is 20.9 Å². The summed E-state index contributed by atoms with van der Waals surface area (Å²) in [6.07, 6.45) is 0.272. The second-order valence-corrected chi connectivity index (χ2v) is 7.39. The van der Waals surface area contributed by atoms with Crippen LogP contribution < -0.4 is 15.5 Å². The molecule has 0 unspecified atom stereocenters. The van der Waals surface area contributed by atoms with E-state index in [9.17, 15) is 18.8 Å². The van der Waals surface area contributed by atoms with Gasteiger partial charge in [0.15, 0.2) is 0 Å². The molecule has 1 aromatic carbocycles. The van der Waals surface area contributed by atoms with E-state index in [0.29, 0.717) is 29.6 Å². The minimum Gasteiger partial charge on any atom is -0.373 e. The smallest absolute Gasteiger partial charge is 0.242 e. The fourth-order valence-electron chi connectivity index (χ4n) is 3.34. The molecule has 2 N–H and O–H groups in total. The number of carbonyl (C=O) groups excluding carboxylic acids is 3. The SMILES string of the molecule is CNc1cc([C@H]2CC(=O)N(c3ccc(F)cc3)C2)nc(CN(C)C(=O)CNC(C)=O)n1. The zero-order chi connectivity index (χ0) is 22.5. The number of rotatable bonds is 7. The van der Waals surface area contributed by atoms with Crippen molar-refractivity contribution in [3.63, 3.8) is 0 Å². The summed E-state index contributed by atoms with van der Waals surface area (Å²) in [5.74, 6) is -0.133. The first-order chi connectivity index (χ1) is 14.8. The fourth-order valence-corrected chi connectivity index (χ4v) is 3.34. The number of nitrogens with one attached hydrogen (secondary N) is 2. The molecule has 1 atom stereocenters. The Labute approximate surface area is 179 Å². The number of benzene rings is 1. The highest BCUT2D eigenvalue weighted by Gasteiger charge is 2.33. The quantitative estimate of drug-likeness (QED) is 0.688. The Kier molecular flexibility index (Phi) is 6.78. The summed E-state index contributed by atoms with van der Waals surface area (Å²) in [6, 6.07) is 7.59. The molecule has 3 rings (SSSR count). The minimum atomic E-state index is -0.358. The van der Waals surface area contributed by atoms with E-state index in [1.807, 2.05) is 0 Å². The molecule has 1 aliphatic rings. The predicted molar refractivity (Wildman–Crippen MR) is 113 cm³/mol. The summed E-state index contributed by atoms with van der Waals surface area (Å²) in [4.78, 5) is 47.8. The van der Waals surface area contributed by atoms with Crippen LogP contribution in [0.3, 0.4) is 0 Å². The van der Waals surface area contributed by atoms with Crippen LogP contribution in [0.2, 0.25) is 0 Å². The number of anilines is 2. The van der Waals surface area contributed by atoms with Gasteiger partial charge in [-0.15, -0.1) is 0 Å². The van der Waals surface area contributed by atoms with Crippen LogP contribution >= 0.6 is 0 Å². The average Bonchev–Trinajstić information content (AvgIpc) is 3.13. The van der Waals surface area contributed by atoms with Crippen molar-refractivity contribution in [1.29, 1.82) is 0 Å². The Morgan fingerprint density at radius 2 is 1.97 bits per heavy atom. The number of hydrogen-bond acceptors (Lipinski definition) is 6. The topological polar surface area (TPSA) is 108 Å². The first kappa shape index (κ1) is 22.1. The van der Waals surface area contributed by atoms with Crippen LogP contribution in [-0.4, -0.2) is 59.8 Å². The van der Waals surface area contributed by atoms with Gasteiger partial charge in [0.1, 0.15) is 17.5 Å². The minimum absolute atomic E-state index is 0.0645. The number of amides is 3. The van der Waals surface area contributed by atoms with E-state index < -0.39 is 0 Å². The van der Waals surface area contributed by atoms with Gasteiger partial charge in [-0.2, -0.15) is 0 Å². The van der Waals surface area contributed by atoms with Crippen LogP contribution in [0.5, 0.6) is 0 Å².